The van der Waals surface area contributed by atoms with Gasteiger partial charge < -0.3 is 24.2 Å². The second-order valence-corrected chi connectivity index (χ2v) is 13.9. The van der Waals surface area contributed by atoms with Crippen molar-refractivity contribution in [3.05, 3.63) is 83.9 Å². The van der Waals surface area contributed by atoms with Gasteiger partial charge in [0.15, 0.2) is 0 Å². The third kappa shape index (κ3) is 4.59. The number of hydrogen-bond donors (Lipinski definition) is 1. The molecule has 3 saturated heterocycles. The van der Waals surface area contributed by atoms with Crippen LogP contribution in [0.3, 0.4) is 0 Å². The first-order chi connectivity index (χ1) is 24.2. The minimum atomic E-state index is -1.29. The second-order valence-electron chi connectivity index (χ2n) is 13.9. The molecular formula is C39H39N3O8. The van der Waals surface area contributed by atoms with Crippen molar-refractivity contribution in [3.63, 3.8) is 0 Å². The Morgan fingerprint density at radius 1 is 0.780 bits per heavy atom. The number of rotatable bonds is 6. The van der Waals surface area contributed by atoms with E-state index >= 15 is 0 Å². The van der Waals surface area contributed by atoms with Gasteiger partial charge in [-0.3, -0.25) is 24.1 Å². The van der Waals surface area contributed by atoms with Crippen molar-refractivity contribution in [1.29, 1.82) is 0 Å². The number of nitrogens with zero attached hydrogens (tertiary/aromatic N) is 3. The van der Waals surface area contributed by atoms with Crippen molar-refractivity contribution in [2.45, 2.75) is 25.7 Å². The number of allylic oxidation sites excluding steroid dienone is 2. The summed E-state index contributed by atoms with van der Waals surface area (Å²) in [7, 11) is 2.95. The number of morpholine rings is 1. The highest BCUT2D eigenvalue weighted by molar-refractivity contribution is 6.25. The van der Waals surface area contributed by atoms with Crippen LogP contribution in [0, 0.1) is 29.1 Å². The van der Waals surface area contributed by atoms with Gasteiger partial charge in [-0.15, -0.1) is 0 Å². The van der Waals surface area contributed by atoms with Crippen molar-refractivity contribution in [2.75, 3.05) is 55.2 Å². The Bertz CT molecular complexity index is 1900. The van der Waals surface area contributed by atoms with Gasteiger partial charge in [0.1, 0.15) is 17.2 Å². The number of benzene rings is 3. The number of ether oxygens (including phenoxy) is 3. The van der Waals surface area contributed by atoms with Crippen molar-refractivity contribution >= 4 is 40.7 Å². The molecule has 11 heteroatoms. The number of carbonyl (C=O) groups is 4. The highest BCUT2D eigenvalue weighted by Gasteiger charge is 2.68. The average molecular weight is 678 g/mol. The fraction of sp³-hybridized carbons (Fsp3) is 0.385. The summed E-state index contributed by atoms with van der Waals surface area (Å²) in [6.45, 7) is 4.63. The Labute approximate surface area is 290 Å². The van der Waals surface area contributed by atoms with E-state index in [1.807, 2.05) is 43.3 Å². The summed E-state index contributed by atoms with van der Waals surface area (Å²) in [6, 6.07) is 19.3. The van der Waals surface area contributed by atoms with Crippen molar-refractivity contribution in [3.8, 4) is 17.2 Å². The SMILES string of the molecule is COc1cc(O)cc(OC)c1C1C2=CCC3C(=O)N(c4ccc(N5CCOCC5)cc4)C(=O)C3C2CC2C(=O)N(c3ccccc3)C(=O)C21C. The molecule has 0 aromatic heterocycles. The van der Waals surface area contributed by atoms with E-state index in [2.05, 4.69) is 4.90 Å². The molecule has 0 spiro atoms. The van der Waals surface area contributed by atoms with Gasteiger partial charge in [-0.25, -0.2) is 4.90 Å². The molecule has 4 amide bonds. The third-order valence-electron chi connectivity index (χ3n) is 11.6. The first-order valence-corrected chi connectivity index (χ1v) is 17.1. The van der Waals surface area contributed by atoms with Gasteiger partial charge in [0.05, 0.1) is 62.0 Å². The van der Waals surface area contributed by atoms with Crippen LogP contribution in [0.4, 0.5) is 17.1 Å². The van der Waals surface area contributed by atoms with Crippen LogP contribution >= 0.6 is 0 Å². The standard InChI is InChI=1S/C39H39N3O8/c1-39-29(36(45)42(38(39)47)23-7-5-4-6-8-23)21-28-26(34(39)33-30(48-2)19-25(43)20-31(33)49-3)13-14-27-32(28)37(46)41(35(27)44)24-11-9-22(10-12-24)40-15-17-50-18-16-40/h4-13,19-20,27-29,32,34,43H,14-18,21H2,1-3H3. The number of imide groups is 2. The van der Waals surface area contributed by atoms with Crippen LogP contribution in [-0.4, -0.2) is 69.3 Å². The van der Waals surface area contributed by atoms with E-state index in [1.54, 1.807) is 24.3 Å². The molecule has 2 aliphatic carbocycles. The number of fused-ring (bicyclic) bond motifs is 4. The lowest BCUT2D eigenvalue weighted by Gasteiger charge is -2.49. The normalized spacial score (nSPS) is 29.1. The van der Waals surface area contributed by atoms with Crippen LogP contribution in [0.2, 0.25) is 0 Å². The van der Waals surface area contributed by atoms with Crippen LogP contribution in [-0.2, 0) is 23.9 Å². The smallest absolute Gasteiger partial charge is 0.241 e. The van der Waals surface area contributed by atoms with E-state index in [-0.39, 0.29) is 35.8 Å². The first kappa shape index (κ1) is 32.1. The predicted octanol–water partition coefficient (Wildman–Crippen LogP) is 4.68. The maximum atomic E-state index is 14.7. The molecule has 6 atom stereocenters. The Morgan fingerprint density at radius 3 is 2.04 bits per heavy atom. The molecule has 1 saturated carbocycles. The number of phenolic OH excluding ortho intramolecular Hbond substituents is 1. The van der Waals surface area contributed by atoms with Crippen molar-refractivity contribution in [2.24, 2.45) is 29.1 Å². The maximum absolute atomic E-state index is 14.7. The van der Waals surface area contributed by atoms with E-state index in [0.29, 0.717) is 48.1 Å². The molecule has 0 bridgehead atoms. The number of methoxy groups -OCH3 is 2. The van der Waals surface area contributed by atoms with Gasteiger partial charge in [0.25, 0.3) is 0 Å². The lowest BCUT2D eigenvalue weighted by molar-refractivity contribution is -0.131. The quantitative estimate of drug-likeness (QED) is 0.293. The van der Waals surface area contributed by atoms with Crippen LogP contribution in [0.15, 0.2) is 78.4 Å². The number of para-hydroxylation sites is 1. The summed E-state index contributed by atoms with van der Waals surface area (Å²) >= 11 is 0. The van der Waals surface area contributed by atoms with E-state index in [0.717, 1.165) is 24.4 Å². The van der Waals surface area contributed by atoms with Crippen LogP contribution in [0.5, 0.6) is 17.2 Å². The second kappa shape index (κ2) is 12.0. The van der Waals surface area contributed by atoms with Gasteiger partial charge in [-0.05, 0) is 62.1 Å². The largest absolute Gasteiger partial charge is 0.508 e. The zero-order chi connectivity index (χ0) is 34.9. The summed E-state index contributed by atoms with van der Waals surface area (Å²) in [5.41, 5.74) is 1.99. The lowest BCUT2D eigenvalue weighted by Crippen LogP contribution is -2.49. The molecule has 6 unspecified atom stereocenters. The van der Waals surface area contributed by atoms with E-state index in [9.17, 15) is 24.3 Å². The summed E-state index contributed by atoms with van der Waals surface area (Å²) in [5.74, 6) is -4.19. The predicted molar refractivity (Wildman–Crippen MR) is 184 cm³/mol. The molecule has 50 heavy (non-hydrogen) atoms. The number of hydrogen-bond acceptors (Lipinski definition) is 9. The monoisotopic (exact) mass is 677 g/mol. The molecule has 1 N–H and O–H groups in total. The number of phenols is 1. The molecule has 5 aliphatic rings. The topological polar surface area (TPSA) is 126 Å². The van der Waals surface area contributed by atoms with Crippen LogP contribution in [0.1, 0.15) is 31.2 Å². The van der Waals surface area contributed by atoms with Crippen LogP contribution in [0.25, 0.3) is 0 Å². The Hall–Kier alpha value is -5.16. The van der Waals surface area contributed by atoms with E-state index in [1.165, 1.54) is 36.2 Å². The maximum Gasteiger partial charge on any atom is 0.241 e. The molecule has 3 aromatic rings. The molecule has 3 heterocycles. The summed E-state index contributed by atoms with van der Waals surface area (Å²) in [5, 5.41) is 10.6. The highest BCUT2D eigenvalue weighted by Crippen LogP contribution is 2.65. The molecule has 4 fully saturated rings. The number of carbonyl (C=O) groups excluding carboxylic acids is 4. The number of amides is 4. The Balaban J connectivity index is 1.23. The van der Waals surface area contributed by atoms with E-state index < -0.39 is 35.0 Å². The van der Waals surface area contributed by atoms with Crippen molar-refractivity contribution in [1.82, 2.24) is 0 Å². The number of anilines is 3. The van der Waals surface area contributed by atoms with Gasteiger partial charge in [0, 0.05) is 42.4 Å². The lowest BCUT2D eigenvalue weighted by atomic mass is 9.51. The minimum Gasteiger partial charge on any atom is -0.508 e. The van der Waals surface area contributed by atoms with Gasteiger partial charge >= 0.3 is 0 Å². The molecule has 3 aliphatic heterocycles. The molecular weight excluding hydrogens is 638 g/mol. The first-order valence-electron chi connectivity index (χ1n) is 17.1. The zero-order valence-electron chi connectivity index (χ0n) is 28.2. The molecule has 11 nitrogen and oxygen atoms in total. The average Bonchev–Trinajstić information content (AvgIpc) is 3.51. The summed E-state index contributed by atoms with van der Waals surface area (Å²) < 4.78 is 17.1. The molecule has 258 valence electrons. The Morgan fingerprint density at radius 2 is 1.40 bits per heavy atom. The van der Waals surface area contributed by atoms with E-state index in [4.69, 9.17) is 14.2 Å². The van der Waals surface area contributed by atoms with Gasteiger partial charge in [-0.1, -0.05) is 29.8 Å². The van der Waals surface area contributed by atoms with Crippen molar-refractivity contribution < 1.29 is 38.5 Å². The fourth-order valence-corrected chi connectivity index (χ4v) is 9.24. The summed E-state index contributed by atoms with van der Waals surface area (Å²) in [4.78, 5) is 62.6. The molecule has 8 rings (SSSR count). The fourth-order valence-electron chi connectivity index (χ4n) is 9.24. The number of aromatic hydroxyl groups is 1. The minimum absolute atomic E-state index is 0.0826. The third-order valence-corrected chi connectivity index (χ3v) is 11.6. The van der Waals surface area contributed by atoms with Crippen LogP contribution < -0.4 is 24.2 Å². The molecule has 3 aromatic carbocycles. The van der Waals surface area contributed by atoms with Gasteiger partial charge in [0.2, 0.25) is 23.6 Å². The molecule has 0 radical (unpaired) electrons. The summed E-state index contributed by atoms with van der Waals surface area (Å²) in [6.07, 6.45) is 2.51. The Kier molecular flexibility index (Phi) is 7.70. The zero-order valence-corrected chi connectivity index (χ0v) is 28.2. The highest BCUT2D eigenvalue weighted by atomic mass is 16.5. The van der Waals surface area contributed by atoms with Gasteiger partial charge in [-0.2, -0.15) is 0 Å².